The molecule has 1 aliphatic heterocycles. The third-order valence-electron chi connectivity index (χ3n) is 5.72. The first-order chi connectivity index (χ1) is 15.0. The normalized spacial score (nSPS) is 15.8. The minimum absolute atomic E-state index is 0.0624. The van der Waals surface area contributed by atoms with Crippen molar-refractivity contribution >= 4 is 16.9 Å². The lowest BCUT2D eigenvalue weighted by Crippen LogP contribution is -2.43. The molecule has 31 heavy (non-hydrogen) atoms. The zero-order valence-electron chi connectivity index (χ0n) is 18.2. The first kappa shape index (κ1) is 21.3. The van der Waals surface area contributed by atoms with Crippen molar-refractivity contribution in [2.24, 2.45) is 0 Å². The van der Waals surface area contributed by atoms with E-state index in [1.807, 2.05) is 26.0 Å². The van der Waals surface area contributed by atoms with E-state index in [0.717, 1.165) is 30.1 Å². The number of aryl methyl sites for hydroxylation is 3. The minimum atomic E-state index is -0.183. The van der Waals surface area contributed by atoms with Crippen molar-refractivity contribution in [3.05, 3.63) is 63.5 Å². The molecule has 0 saturated carbocycles. The first-order valence-electron chi connectivity index (χ1n) is 10.7. The fraction of sp³-hybridized carbons (Fsp3) is 0.435. The molecule has 8 heteroatoms. The van der Waals surface area contributed by atoms with E-state index in [4.69, 9.17) is 9.15 Å². The average Bonchev–Trinajstić information content (AvgIpc) is 3.21. The number of hydrogen-bond donors (Lipinski definition) is 1. The summed E-state index contributed by atoms with van der Waals surface area (Å²) in [5.74, 6) is 1.50. The first-order valence-corrected chi connectivity index (χ1v) is 10.7. The van der Waals surface area contributed by atoms with E-state index in [-0.39, 0.29) is 17.5 Å². The van der Waals surface area contributed by atoms with Crippen molar-refractivity contribution in [2.75, 3.05) is 32.8 Å². The Balaban J connectivity index is 1.55. The van der Waals surface area contributed by atoms with Gasteiger partial charge >= 0.3 is 0 Å². The van der Waals surface area contributed by atoms with Crippen LogP contribution in [-0.4, -0.2) is 53.2 Å². The highest BCUT2D eigenvalue weighted by Crippen LogP contribution is 2.23. The summed E-state index contributed by atoms with van der Waals surface area (Å²) in [6.45, 7) is 9.40. The maximum Gasteiger partial charge on any atom is 0.272 e. The van der Waals surface area contributed by atoms with Gasteiger partial charge in [0.1, 0.15) is 17.2 Å². The van der Waals surface area contributed by atoms with Crippen molar-refractivity contribution in [3.8, 4) is 0 Å². The number of carbonyl (C=O) groups is 1. The molecule has 1 aliphatic rings. The Labute approximate surface area is 180 Å². The number of nitrogens with one attached hydrogen (secondary N) is 1. The van der Waals surface area contributed by atoms with Crippen LogP contribution in [0.1, 0.15) is 40.5 Å². The summed E-state index contributed by atoms with van der Waals surface area (Å²) in [5.41, 5.74) is 2.20. The van der Waals surface area contributed by atoms with Gasteiger partial charge in [0, 0.05) is 31.7 Å². The van der Waals surface area contributed by atoms with Crippen molar-refractivity contribution in [3.63, 3.8) is 0 Å². The second-order valence-corrected chi connectivity index (χ2v) is 7.77. The lowest BCUT2D eigenvalue weighted by Gasteiger charge is -2.33. The molecule has 1 aromatic carbocycles. The Morgan fingerprint density at radius 2 is 1.97 bits per heavy atom. The standard InChI is InChI=1S/C23H28N4O4/c1-4-27-19-7-6-17(13-18(19)25-16(3)23(27)29)22(28)24-14-20(21-8-5-15(2)31-21)26-9-11-30-12-10-26/h5-8,13,20H,4,9-12,14H2,1-3H3,(H,24,28). The Bertz CT molecular complexity index is 1140. The number of carbonyl (C=O) groups excluding carboxylic acids is 1. The van der Waals surface area contributed by atoms with E-state index in [2.05, 4.69) is 15.2 Å². The maximum absolute atomic E-state index is 12.9. The predicted molar refractivity (Wildman–Crippen MR) is 117 cm³/mol. The number of furan rings is 1. The van der Waals surface area contributed by atoms with Crippen molar-refractivity contribution < 1.29 is 13.9 Å². The van der Waals surface area contributed by atoms with Crippen LogP contribution in [-0.2, 0) is 11.3 Å². The fourth-order valence-electron chi connectivity index (χ4n) is 4.05. The molecule has 3 heterocycles. The van der Waals surface area contributed by atoms with E-state index < -0.39 is 0 Å². The highest BCUT2D eigenvalue weighted by Gasteiger charge is 2.26. The van der Waals surface area contributed by atoms with E-state index in [9.17, 15) is 9.59 Å². The molecule has 4 rings (SSSR count). The van der Waals surface area contributed by atoms with Gasteiger partial charge in [-0.2, -0.15) is 0 Å². The summed E-state index contributed by atoms with van der Waals surface area (Å²) in [6, 6.07) is 9.11. The van der Waals surface area contributed by atoms with Gasteiger partial charge in [-0.05, 0) is 51.1 Å². The Hall–Kier alpha value is -2.97. The molecular formula is C23H28N4O4. The molecule has 0 spiro atoms. The maximum atomic E-state index is 12.9. The number of nitrogens with zero attached hydrogens (tertiary/aromatic N) is 3. The molecule has 1 N–H and O–H groups in total. The van der Waals surface area contributed by atoms with Crippen LogP contribution >= 0.6 is 0 Å². The van der Waals surface area contributed by atoms with E-state index >= 15 is 0 Å². The summed E-state index contributed by atoms with van der Waals surface area (Å²) < 4.78 is 13.0. The SMILES string of the molecule is CCn1c(=O)c(C)nc2cc(C(=O)NCC(c3ccc(C)o3)N3CCOCC3)ccc21. The van der Waals surface area contributed by atoms with Crippen LogP contribution in [0.25, 0.3) is 11.0 Å². The molecule has 0 radical (unpaired) electrons. The van der Waals surface area contributed by atoms with Crippen LogP contribution in [0, 0.1) is 13.8 Å². The Morgan fingerprint density at radius 3 is 2.65 bits per heavy atom. The lowest BCUT2D eigenvalue weighted by molar-refractivity contribution is 0.0117. The third kappa shape index (κ3) is 4.40. The van der Waals surface area contributed by atoms with Crippen LogP contribution in [0.2, 0.25) is 0 Å². The van der Waals surface area contributed by atoms with Crippen LogP contribution < -0.4 is 10.9 Å². The molecule has 1 unspecified atom stereocenters. The Kier molecular flexibility index (Phi) is 6.20. The van der Waals surface area contributed by atoms with Crippen LogP contribution in [0.4, 0.5) is 0 Å². The largest absolute Gasteiger partial charge is 0.465 e. The fourth-order valence-corrected chi connectivity index (χ4v) is 4.05. The number of benzene rings is 1. The molecule has 1 atom stereocenters. The van der Waals surface area contributed by atoms with E-state index in [0.29, 0.717) is 43.1 Å². The minimum Gasteiger partial charge on any atom is -0.465 e. The highest BCUT2D eigenvalue weighted by atomic mass is 16.5. The zero-order valence-corrected chi connectivity index (χ0v) is 18.2. The van der Waals surface area contributed by atoms with E-state index in [1.54, 1.807) is 29.7 Å². The van der Waals surface area contributed by atoms with Gasteiger partial charge in [0.25, 0.3) is 11.5 Å². The summed E-state index contributed by atoms with van der Waals surface area (Å²) >= 11 is 0. The van der Waals surface area contributed by atoms with Gasteiger partial charge in [-0.1, -0.05) is 0 Å². The number of ether oxygens (including phenoxy) is 1. The highest BCUT2D eigenvalue weighted by molar-refractivity contribution is 5.97. The molecule has 0 aliphatic carbocycles. The summed E-state index contributed by atoms with van der Waals surface area (Å²) in [5, 5.41) is 3.05. The monoisotopic (exact) mass is 424 g/mol. The number of fused-ring (bicyclic) bond motifs is 1. The Morgan fingerprint density at radius 1 is 1.19 bits per heavy atom. The van der Waals surface area contributed by atoms with E-state index in [1.165, 1.54) is 0 Å². The molecule has 1 fully saturated rings. The average molecular weight is 425 g/mol. The zero-order chi connectivity index (χ0) is 22.0. The van der Waals surface area contributed by atoms with Gasteiger partial charge in [-0.15, -0.1) is 0 Å². The molecular weight excluding hydrogens is 396 g/mol. The molecule has 3 aromatic rings. The van der Waals surface area contributed by atoms with Crippen molar-refractivity contribution in [2.45, 2.75) is 33.4 Å². The van der Waals surface area contributed by atoms with Gasteiger partial charge in [-0.25, -0.2) is 4.98 Å². The number of amides is 1. The number of morpholine rings is 1. The molecule has 1 saturated heterocycles. The third-order valence-corrected chi connectivity index (χ3v) is 5.72. The molecule has 8 nitrogen and oxygen atoms in total. The smallest absolute Gasteiger partial charge is 0.272 e. The quantitative estimate of drug-likeness (QED) is 0.654. The van der Waals surface area contributed by atoms with Crippen molar-refractivity contribution in [1.82, 2.24) is 19.8 Å². The van der Waals surface area contributed by atoms with Crippen molar-refractivity contribution in [1.29, 1.82) is 0 Å². The van der Waals surface area contributed by atoms with Gasteiger partial charge < -0.3 is 19.0 Å². The van der Waals surface area contributed by atoms with Gasteiger partial charge in [0.2, 0.25) is 0 Å². The summed E-state index contributed by atoms with van der Waals surface area (Å²) in [4.78, 5) is 31.9. The summed E-state index contributed by atoms with van der Waals surface area (Å²) in [7, 11) is 0. The molecule has 164 valence electrons. The second-order valence-electron chi connectivity index (χ2n) is 7.77. The van der Waals surface area contributed by atoms with Gasteiger partial charge in [0.15, 0.2) is 0 Å². The number of aromatic nitrogens is 2. The molecule has 1 amide bonds. The topological polar surface area (TPSA) is 89.6 Å². The molecule has 2 aromatic heterocycles. The van der Waals surface area contributed by atoms with Gasteiger partial charge in [0.05, 0.1) is 30.3 Å². The second kappa shape index (κ2) is 9.03. The van der Waals surface area contributed by atoms with Crippen LogP contribution in [0.3, 0.4) is 0 Å². The van der Waals surface area contributed by atoms with Crippen LogP contribution in [0.5, 0.6) is 0 Å². The van der Waals surface area contributed by atoms with Gasteiger partial charge in [-0.3, -0.25) is 14.5 Å². The number of rotatable bonds is 6. The number of hydrogen-bond acceptors (Lipinski definition) is 6. The van der Waals surface area contributed by atoms with Crippen LogP contribution in [0.15, 0.2) is 39.5 Å². The predicted octanol–water partition coefficient (Wildman–Crippen LogP) is 2.43. The summed E-state index contributed by atoms with van der Waals surface area (Å²) in [6.07, 6.45) is 0. The molecule has 0 bridgehead atoms. The lowest BCUT2D eigenvalue weighted by atomic mass is 10.1.